The highest BCUT2D eigenvalue weighted by molar-refractivity contribution is 6.94. The van der Waals surface area contributed by atoms with Gasteiger partial charge in [0.1, 0.15) is 8.07 Å². The molecule has 0 aromatic heterocycles. The van der Waals surface area contributed by atoms with Gasteiger partial charge in [-0.25, -0.2) is 0 Å². The van der Waals surface area contributed by atoms with Crippen LogP contribution in [0.25, 0.3) is 0 Å². The van der Waals surface area contributed by atoms with Gasteiger partial charge < -0.3 is 4.43 Å². The van der Waals surface area contributed by atoms with Gasteiger partial charge in [-0.05, 0) is 30.1 Å². The Morgan fingerprint density at radius 3 is 1.67 bits per heavy atom. The van der Waals surface area contributed by atoms with Crippen LogP contribution in [0.5, 0.6) is 0 Å². The van der Waals surface area contributed by atoms with Crippen LogP contribution in [-0.2, 0) is 4.43 Å². The average molecular weight is 397 g/mol. The lowest BCUT2D eigenvalue weighted by Crippen LogP contribution is -2.72. The van der Waals surface area contributed by atoms with Crippen molar-refractivity contribution < 1.29 is 4.43 Å². The quantitative estimate of drug-likeness (QED) is 0.435. The molecule has 2 rings (SSSR count). The standard InChI is InChI=1S/C24H36OSi2/c1-9-20-24(23(2,3)4,26(5,6)21-16-12-10-13-17-21)25-27(7,8)22-18-14-11-15-19-22/h9-19H,1,20H2,2-8H3. The molecule has 0 saturated heterocycles. The van der Waals surface area contributed by atoms with E-state index in [9.17, 15) is 0 Å². The second kappa shape index (κ2) is 7.90. The zero-order valence-electron chi connectivity index (χ0n) is 18.2. The number of hydrogen-bond acceptors (Lipinski definition) is 1. The summed E-state index contributed by atoms with van der Waals surface area (Å²) in [5.41, 5.74) is -0.00813. The Bertz CT molecular complexity index is 745. The van der Waals surface area contributed by atoms with Crippen LogP contribution in [0.2, 0.25) is 26.2 Å². The first kappa shape index (κ1) is 21.9. The maximum atomic E-state index is 7.37. The summed E-state index contributed by atoms with van der Waals surface area (Å²) < 4.78 is 7.37. The Morgan fingerprint density at radius 1 is 0.815 bits per heavy atom. The summed E-state index contributed by atoms with van der Waals surface area (Å²) in [6.07, 6.45) is 2.94. The van der Waals surface area contributed by atoms with Gasteiger partial charge >= 0.3 is 0 Å². The molecule has 2 aromatic carbocycles. The molecule has 146 valence electrons. The Labute approximate surface area is 168 Å². The SMILES string of the molecule is C=CCC(O[Si](C)(C)c1ccccc1)(C(C)(C)C)[Si](C)(C)c1ccccc1. The molecular weight excluding hydrogens is 360 g/mol. The minimum absolute atomic E-state index is 0.00813. The molecule has 0 aliphatic carbocycles. The highest BCUT2D eigenvalue weighted by atomic mass is 28.4. The fourth-order valence-corrected chi connectivity index (χ4v) is 12.6. The molecule has 2 aromatic rings. The summed E-state index contributed by atoms with van der Waals surface area (Å²) in [4.78, 5) is 0. The topological polar surface area (TPSA) is 9.23 Å². The molecule has 0 N–H and O–H groups in total. The van der Waals surface area contributed by atoms with Crippen molar-refractivity contribution in [3.05, 3.63) is 73.3 Å². The van der Waals surface area contributed by atoms with Gasteiger partial charge in [0.05, 0.1) is 5.22 Å². The van der Waals surface area contributed by atoms with Crippen molar-refractivity contribution >= 4 is 26.8 Å². The van der Waals surface area contributed by atoms with E-state index >= 15 is 0 Å². The van der Waals surface area contributed by atoms with Crippen LogP contribution >= 0.6 is 0 Å². The van der Waals surface area contributed by atoms with E-state index in [-0.39, 0.29) is 10.6 Å². The zero-order valence-corrected chi connectivity index (χ0v) is 20.2. The van der Waals surface area contributed by atoms with E-state index in [1.54, 1.807) is 0 Å². The first-order chi connectivity index (χ1) is 12.5. The highest BCUT2D eigenvalue weighted by Gasteiger charge is 2.57. The lowest BCUT2D eigenvalue weighted by Gasteiger charge is -2.56. The number of rotatable bonds is 7. The predicted octanol–water partition coefficient (Wildman–Crippen LogP) is 5.63. The molecule has 0 aliphatic heterocycles. The maximum absolute atomic E-state index is 7.37. The van der Waals surface area contributed by atoms with E-state index in [0.717, 1.165) is 6.42 Å². The van der Waals surface area contributed by atoms with Crippen LogP contribution in [0.4, 0.5) is 0 Å². The summed E-state index contributed by atoms with van der Waals surface area (Å²) in [5.74, 6) is 0. The van der Waals surface area contributed by atoms with Crippen molar-refractivity contribution in [3.63, 3.8) is 0 Å². The van der Waals surface area contributed by atoms with E-state index in [2.05, 4.69) is 120 Å². The zero-order chi connectivity index (χ0) is 20.3. The summed E-state index contributed by atoms with van der Waals surface area (Å²) in [7, 11) is -4.13. The predicted molar refractivity (Wildman–Crippen MR) is 125 cm³/mol. The Morgan fingerprint density at radius 2 is 1.26 bits per heavy atom. The van der Waals surface area contributed by atoms with Crippen molar-refractivity contribution in [3.8, 4) is 0 Å². The second-order valence-electron chi connectivity index (χ2n) is 9.54. The molecule has 0 saturated carbocycles. The van der Waals surface area contributed by atoms with Crippen LogP contribution < -0.4 is 10.4 Å². The van der Waals surface area contributed by atoms with Crippen LogP contribution in [0.15, 0.2) is 73.3 Å². The fraction of sp³-hybridized carbons (Fsp3) is 0.417. The van der Waals surface area contributed by atoms with Crippen LogP contribution in [0.1, 0.15) is 27.2 Å². The third-order valence-electron chi connectivity index (χ3n) is 6.05. The molecule has 0 radical (unpaired) electrons. The van der Waals surface area contributed by atoms with Gasteiger partial charge in [0.25, 0.3) is 0 Å². The third kappa shape index (κ3) is 4.20. The minimum atomic E-state index is -2.12. The second-order valence-corrected chi connectivity index (χ2v) is 18.0. The molecular formula is C24H36OSi2. The first-order valence-corrected chi connectivity index (χ1v) is 15.8. The summed E-state index contributed by atoms with van der Waals surface area (Å²) >= 11 is 0. The lowest BCUT2D eigenvalue weighted by molar-refractivity contribution is 0.0311. The van der Waals surface area contributed by atoms with Crippen molar-refractivity contribution in [2.45, 2.75) is 58.6 Å². The molecule has 0 fully saturated rings. The monoisotopic (exact) mass is 396 g/mol. The fourth-order valence-electron chi connectivity index (χ4n) is 4.45. The molecule has 0 spiro atoms. The molecule has 0 heterocycles. The maximum Gasteiger partial charge on any atom is 0.218 e. The van der Waals surface area contributed by atoms with Crippen LogP contribution in [0.3, 0.4) is 0 Å². The lowest BCUT2D eigenvalue weighted by atomic mass is 9.86. The minimum Gasteiger partial charge on any atom is -0.409 e. The Hall–Kier alpha value is -1.43. The molecule has 3 heteroatoms. The van der Waals surface area contributed by atoms with E-state index in [1.807, 2.05) is 0 Å². The van der Waals surface area contributed by atoms with Crippen molar-refractivity contribution in [1.29, 1.82) is 0 Å². The molecule has 1 atom stereocenters. The van der Waals surface area contributed by atoms with Crippen molar-refractivity contribution in [1.82, 2.24) is 0 Å². The molecule has 0 amide bonds. The smallest absolute Gasteiger partial charge is 0.218 e. The Balaban J connectivity index is 2.65. The summed E-state index contributed by atoms with van der Waals surface area (Å²) in [6, 6.07) is 21.8. The van der Waals surface area contributed by atoms with Gasteiger partial charge in [0.2, 0.25) is 8.32 Å². The van der Waals surface area contributed by atoms with Gasteiger partial charge in [-0.1, -0.05) is 106 Å². The van der Waals surface area contributed by atoms with E-state index in [4.69, 9.17) is 4.43 Å². The molecule has 0 bridgehead atoms. The molecule has 1 unspecified atom stereocenters. The summed E-state index contributed by atoms with van der Waals surface area (Å²) in [6.45, 7) is 20.7. The first-order valence-electron chi connectivity index (χ1n) is 9.90. The normalized spacial score (nSPS) is 15.2. The van der Waals surface area contributed by atoms with Crippen molar-refractivity contribution in [2.75, 3.05) is 0 Å². The number of benzene rings is 2. The largest absolute Gasteiger partial charge is 0.409 e. The molecule has 27 heavy (non-hydrogen) atoms. The molecule has 0 aliphatic rings. The van der Waals surface area contributed by atoms with Gasteiger partial charge in [-0.15, -0.1) is 6.58 Å². The Kier molecular flexibility index (Phi) is 6.40. The van der Waals surface area contributed by atoms with Gasteiger partial charge in [-0.3, -0.25) is 0 Å². The third-order valence-corrected chi connectivity index (χ3v) is 13.7. The van der Waals surface area contributed by atoms with Gasteiger partial charge in [0, 0.05) is 0 Å². The highest BCUT2D eigenvalue weighted by Crippen LogP contribution is 2.45. The average Bonchev–Trinajstić information content (AvgIpc) is 2.61. The molecule has 1 nitrogen and oxygen atoms in total. The van der Waals surface area contributed by atoms with Gasteiger partial charge in [0.15, 0.2) is 0 Å². The van der Waals surface area contributed by atoms with Gasteiger partial charge in [-0.2, -0.15) is 0 Å². The van der Waals surface area contributed by atoms with E-state index < -0.39 is 16.4 Å². The van der Waals surface area contributed by atoms with Crippen LogP contribution in [0, 0.1) is 5.41 Å². The van der Waals surface area contributed by atoms with E-state index in [1.165, 1.54) is 10.4 Å². The van der Waals surface area contributed by atoms with E-state index in [0.29, 0.717) is 0 Å². The summed E-state index contributed by atoms with van der Waals surface area (Å²) in [5, 5.41) is 2.55. The van der Waals surface area contributed by atoms with Crippen LogP contribution in [-0.4, -0.2) is 21.6 Å². The number of hydrogen-bond donors (Lipinski definition) is 0. The van der Waals surface area contributed by atoms with Crippen molar-refractivity contribution in [2.24, 2.45) is 5.41 Å².